The van der Waals surface area contributed by atoms with Crippen LogP contribution in [0.25, 0.3) is 22.7 Å². The van der Waals surface area contributed by atoms with E-state index in [2.05, 4.69) is 15.6 Å². The Labute approximate surface area is 176 Å². The molecule has 1 amide bonds. The smallest absolute Gasteiger partial charge is 0.266 e. The SMILES string of the molecule is Cc1onc(-c2ccccc2Cl)c1C(=O)NCCn1nc(-c2ccco2)ccc1=O. The number of nitrogens with zero attached hydrogens (tertiary/aromatic N) is 3. The summed E-state index contributed by atoms with van der Waals surface area (Å²) in [7, 11) is 0. The van der Waals surface area contributed by atoms with Crippen molar-refractivity contribution in [1.82, 2.24) is 20.3 Å². The normalized spacial score (nSPS) is 10.9. The Kier molecular flexibility index (Phi) is 5.49. The molecule has 9 heteroatoms. The van der Waals surface area contributed by atoms with Crippen molar-refractivity contribution in [3.05, 3.63) is 81.5 Å². The Morgan fingerprint density at radius 1 is 1.17 bits per heavy atom. The van der Waals surface area contributed by atoms with Crippen LogP contribution in [0.3, 0.4) is 0 Å². The molecule has 0 unspecified atom stereocenters. The summed E-state index contributed by atoms with van der Waals surface area (Å²) >= 11 is 6.24. The van der Waals surface area contributed by atoms with Gasteiger partial charge in [-0.25, -0.2) is 4.68 Å². The van der Waals surface area contributed by atoms with Gasteiger partial charge < -0.3 is 14.3 Å². The maximum Gasteiger partial charge on any atom is 0.266 e. The van der Waals surface area contributed by atoms with Gasteiger partial charge in [0.05, 0.1) is 17.8 Å². The number of aromatic nitrogens is 3. The van der Waals surface area contributed by atoms with Crippen LogP contribution in [0.2, 0.25) is 5.02 Å². The molecule has 0 bridgehead atoms. The summed E-state index contributed by atoms with van der Waals surface area (Å²) < 4.78 is 11.8. The van der Waals surface area contributed by atoms with Gasteiger partial charge in [0.2, 0.25) is 0 Å². The minimum Gasteiger partial charge on any atom is -0.463 e. The summed E-state index contributed by atoms with van der Waals surface area (Å²) in [5, 5.41) is 11.5. The Balaban J connectivity index is 1.49. The van der Waals surface area contributed by atoms with Gasteiger partial charge in [-0.15, -0.1) is 0 Å². The maximum atomic E-state index is 12.8. The number of halogens is 1. The lowest BCUT2D eigenvalue weighted by molar-refractivity contribution is 0.0950. The monoisotopic (exact) mass is 424 g/mol. The molecule has 1 aromatic carbocycles. The highest BCUT2D eigenvalue weighted by Gasteiger charge is 2.22. The Hall–Kier alpha value is -3.65. The molecule has 3 heterocycles. The molecule has 0 aliphatic rings. The second-order valence-corrected chi connectivity index (χ2v) is 6.86. The Morgan fingerprint density at radius 3 is 2.77 bits per heavy atom. The first kappa shape index (κ1) is 19.7. The Morgan fingerprint density at radius 2 is 2.00 bits per heavy atom. The van der Waals surface area contributed by atoms with Crippen molar-refractivity contribution >= 4 is 17.5 Å². The number of carbonyl (C=O) groups is 1. The molecule has 8 nitrogen and oxygen atoms in total. The van der Waals surface area contributed by atoms with Crippen molar-refractivity contribution in [2.24, 2.45) is 0 Å². The molecule has 0 aliphatic carbocycles. The molecule has 4 aromatic rings. The highest BCUT2D eigenvalue weighted by atomic mass is 35.5. The average Bonchev–Trinajstić information content (AvgIpc) is 3.40. The number of hydrogen-bond acceptors (Lipinski definition) is 6. The van der Waals surface area contributed by atoms with Crippen LogP contribution < -0.4 is 10.9 Å². The van der Waals surface area contributed by atoms with Gasteiger partial charge in [-0.2, -0.15) is 5.10 Å². The van der Waals surface area contributed by atoms with Gasteiger partial charge in [0, 0.05) is 18.2 Å². The lowest BCUT2D eigenvalue weighted by atomic mass is 10.1. The number of nitrogens with one attached hydrogen (secondary N) is 1. The van der Waals surface area contributed by atoms with E-state index in [0.717, 1.165) is 0 Å². The molecule has 4 rings (SSSR count). The zero-order valence-corrected chi connectivity index (χ0v) is 16.7. The van der Waals surface area contributed by atoms with Crippen LogP contribution in [0.4, 0.5) is 0 Å². The van der Waals surface area contributed by atoms with E-state index < -0.39 is 0 Å². The lowest BCUT2D eigenvalue weighted by Crippen LogP contribution is -2.32. The van der Waals surface area contributed by atoms with E-state index >= 15 is 0 Å². The standard InChI is InChI=1S/C21H17ClN4O4/c1-13-19(20(25-30-13)14-5-2-3-6-15(14)22)21(28)23-10-11-26-18(27)9-8-16(24-26)17-7-4-12-29-17/h2-9,12H,10-11H2,1H3,(H,23,28). The van der Waals surface area contributed by atoms with Gasteiger partial charge in [-0.1, -0.05) is 35.0 Å². The minimum atomic E-state index is -0.376. The molecule has 0 fully saturated rings. The number of rotatable bonds is 6. The first-order valence-electron chi connectivity index (χ1n) is 9.16. The highest BCUT2D eigenvalue weighted by molar-refractivity contribution is 6.33. The summed E-state index contributed by atoms with van der Waals surface area (Å²) in [6.45, 7) is 2.02. The predicted molar refractivity (Wildman–Crippen MR) is 110 cm³/mol. The van der Waals surface area contributed by atoms with Crippen molar-refractivity contribution in [3.63, 3.8) is 0 Å². The molecule has 30 heavy (non-hydrogen) atoms. The van der Waals surface area contributed by atoms with Crippen LogP contribution in [-0.4, -0.2) is 27.4 Å². The van der Waals surface area contributed by atoms with E-state index in [1.807, 2.05) is 0 Å². The van der Waals surface area contributed by atoms with Crippen LogP contribution in [0.5, 0.6) is 0 Å². The number of hydrogen-bond donors (Lipinski definition) is 1. The number of furan rings is 1. The van der Waals surface area contributed by atoms with E-state index in [0.29, 0.717) is 39.1 Å². The molecular weight excluding hydrogens is 408 g/mol. The van der Waals surface area contributed by atoms with Gasteiger partial charge in [-0.3, -0.25) is 9.59 Å². The first-order chi connectivity index (χ1) is 14.5. The molecule has 3 aromatic heterocycles. The number of benzene rings is 1. The van der Waals surface area contributed by atoms with Gasteiger partial charge in [0.1, 0.15) is 22.7 Å². The van der Waals surface area contributed by atoms with Gasteiger partial charge in [0.25, 0.3) is 11.5 Å². The molecule has 0 spiro atoms. The third kappa shape index (κ3) is 3.90. The topological polar surface area (TPSA) is 103 Å². The van der Waals surface area contributed by atoms with Crippen molar-refractivity contribution in [1.29, 1.82) is 0 Å². The molecule has 0 atom stereocenters. The fourth-order valence-electron chi connectivity index (χ4n) is 3.01. The predicted octanol–water partition coefficient (Wildman–Crippen LogP) is 3.55. The molecular formula is C21H17ClN4O4. The van der Waals surface area contributed by atoms with Crippen molar-refractivity contribution in [2.75, 3.05) is 6.54 Å². The Bertz CT molecular complexity index is 1240. The highest BCUT2D eigenvalue weighted by Crippen LogP contribution is 2.30. The van der Waals surface area contributed by atoms with Gasteiger partial charge in [-0.05, 0) is 31.2 Å². The lowest BCUT2D eigenvalue weighted by Gasteiger charge is -2.08. The van der Waals surface area contributed by atoms with E-state index in [9.17, 15) is 9.59 Å². The molecule has 1 N–H and O–H groups in total. The average molecular weight is 425 g/mol. The van der Waals surface area contributed by atoms with Crippen LogP contribution in [0, 0.1) is 6.92 Å². The number of amides is 1. The second-order valence-electron chi connectivity index (χ2n) is 6.46. The molecule has 0 radical (unpaired) electrons. The quantitative estimate of drug-likeness (QED) is 0.507. The maximum absolute atomic E-state index is 12.8. The third-order valence-corrected chi connectivity index (χ3v) is 4.80. The zero-order valence-electron chi connectivity index (χ0n) is 16.0. The summed E-state index contributed by atoms with van der Waals surface area (Å²) in [6, 6.07) is 13.6. The molecule has 0 saturated carbocycles. The number of aryl methyl sites for hydroxylation is 1. The molecule has 0 saturated heterocycles. The molecule has 0 aliphatic heterocycles. The third-order valence-electron chi connectivity index (χ3n) is 4.47. The van der Waals surface area contributed by atoms with E-state index in [1.165, 1.54) is 17.0 Å². The van der Waals surface area contributed by atoms with Crippen molar-refractivity contribution in [2.45, 2.75) is 13.5 Å². The molecule has 152 valence electrons. The minimum absolute atomic E-state index is 0.180. The van der Waals surface area contributed by atoms with Gasteiger partial charge >= 0.3 is 0 Å². The van der Waals surface area contributed by atoms with Gasteiger partial charge in [0.15, 0.2) is 5.76 Å². The van der Waals surface area contributed by atoms with Crippen LogP contribution in [0.1, 0.15) is 16.1 Å². The van der Waals surface area contributed by atoms with Crippen LogP contribution in [-0.2, 0) is 6.54 Å². The van der Waals surface area contributed by atoms with Crippen molar-refractivity contribution in [3.8, 4) is 22.7 Å². The van der Waals surface area contributed by atoms with Crippen LogP contribution >= 0.6 is 11.6 Å². The largest absolute Gasteiger partial charge is 0.463 e. The first-order valence-corrected chi connectivity index (χ1v) is 9.54. The summed E-state index contributed by atoms with van der Waals surface area (Å²) in [5.41, 5.74) is 1.52. The van der Waals surface area contributed by atoms with E-state index in [-0.39, 0.29) is 24.6 Å². The summed E-state index contributed by atoms with van der Waals surface area (Å²) in [5.74, 6) is 0.550. The summed E-state index contributed by atoms with van der Waals surface area (Å²) in [6.07, 6.45) is 1.53. The van der Waals surface area contributed by atoms with E-state index in [1.54, 1.807) is 49.4 Å². The number of carbonyl (C=O) groups excluding carboxylic acids is 1. The van der Waals surface area contributed by atoms with Crippen molar-refractivity contribution < 1.29 is 13.7 Å². The van der Waals surface area contributed by atoms with E-state index in [4.69, 9.17) is 20.5 Å². The fourth-order valence-corrected chi connectivity index (χ4v) is 3.23. The summed E-state index contributed by atoms with van der Waals surface area (Å²) in [4.78, 5) is 24.9. The zero-order chi connectivity index (χ0) is 21.1. The fraction of sp³-hybridized carbons (Fsp3) is 0.143. The van der Waals surface area contributed by atoms with Crippen LogP contribution in [0.15, 0.2) is 68.5 Å². The second kappa shape index (κ2) is 8.38.